The van der Waals surface area contributed by atoms with Crippen LogP contribution in [0.25, 0.3) is 0 Å². The number of allylic oxidation sites excluding steroid dienone is 1. The van der Waals surface area contributed by atoms with Gasteiger partial charge in [0.15, 0.2) is 14.6 Å². The molecule has 2 saturated heterocycles. The number of hydrogen-bond donors (Lipinski definition) is 1. The molecule has 0 aromatic heterocycles. The van der Waals surface area contributed by atoms with Crippen molar-refractivity contribution in [2.24, 2.45) is 29.6 Å². The van der Waals surface area contributed by atoms with Crippen molar-refractivity contribution in [3.8, 4) is 0 Å². The molecule has 1 N–H and O–H groups in total. The first-order valence-corrected chi connectivity index (χ1v) is 14.7. The first-order valence-electron chi connectivity index (χ1n) is 11.8. The molecule has 0 radical (unpaired) electrons. The van der Waals surface area contributed by atoms with E-state index in [0.29, 0.717) is 42.3 Å². The van der Waals surface area contributed by atoms with Crippen LogP contribution in [0.1, 0.15) is 59.8 Å². The maximum absolute atomic E-state index is 10.2. The van der Waals surface area contributed by atoms with Crippen LogP contribution in [0.4, 0.5) is 0 Å². The lowest BCUT2D eigenvalue weighted by Crippen LogP contribution is -2.48. The van der Waals surface area contributed by atoms with E-state index in [9.17, 15) is 5.11 Å². The summed E-state index contributed by atoms with van der Waals surface area (Å²) >= 11 is 0. The standard InChI is InChI=1S/C24H42O4Si/c1-15-10-19-20(23-18(15)8-7-9-26-23)13-17(28-29(5,6)24(2,3)4)11-16-12-22(25)27-14-21(16)19/h10,16-23,25H,7-9,11-14H2,1-6H3. The quantitative estimate of drug-likeness (QED) is 0.495. The molecule has 3 fully saturated rings. The molecule has 2 aliphatic heterocycles. The van der Waals surface area contributed by atoms with Crippen LogP contribution < -0.4 is 0 Å². The summed E-state index contributed by atoms with van der Waals surface area (Å²) < 4.78 is 19.2. The number of fused-ring (bicyclic) bond motifs is 5. The van der Waals surface area contributed by atoms with Gasteiger partial charge >= 0.3 is 0 Å². The minimum absolute atomic E-state index is 0.209. The smallest absolute Gasteiger partial charge is 0.192 e. The van der Waals surface area contributed by atoms with E-state index in [0.717, 1.165) is 25.9 Å². The molecule has 1 saturated carbocycles. The molecule has 8 atom stereocenters. The molecule has 29 heavy (non-hydrogen) atoms. The van der Waals surface area contributed by atoms with Gasteiger partial charge in [0.25, 0.3) is 0 Å². The van der Waals surface area contributed by atoms with Gasteiger partial charge in [-0.05, 0) is 74.4 Å². The Labute approximate surface area is 178 Å². The fourth-order valence-corrected chi connectivity index (χ4v) is 7.58. The molecule has 4 nitrogen and oxygen atoms in total. The molecule has 4 rings (SSSR count). The largest absolute Gasteiger partial charge is 0.414 e. The van der Waals surface area contributed by atoms with Gasteiger partial charge in [0, 0.05) is 25.0 Å². The third-order valence-electron chi connectivity index (χ3n) is 8.78. The Balaban J connectivity index is 1.65. The van der Waals surface area contributed by atoms with Gasteiger partial charge in [0.1, 0.15) is 0 Å². The lowest BCUT2D eigenvalue weighted by atomic mass is 9.64. The summed E-state index contributed by atoms with van der Waals surface area (Å²) in [5.41, 5.74) is 1.52. The van der Waals surface area contributed by atoms with Crippen LogP contribution in [0.3, 0.4) is 0 Å². The van der Waals surface area contributed by atoms with E-state index in [1.54, 1.807) is 0 Å². The average molecular weight is 423 g/mol. The zero-order valence-electron chi connectivity index (χ0n) is 19.3. The maximum Gasteiger partial charge on any atom is 0.192 e. The monoisotopic (exact) mass is 422 g/mol. The summed E-state index contributed by atoms with van der Waals surface area (Å²) in [6.45, 7) is 15.6. The van der Waals surface area contributed by atoms with Gasteiger partial charge in [0.2, 0.25) is 0 Å². The fourth-order valence-electron chi connectivity index (χ4n) is 6.20. The second-order valence-electron chi connectivity index (χ2n) is 11.7. The van der Waals surface area contributed by atoms with Crippen LogP contribution in [0.2, 0.25) is 18.1 Å². The normalized spacial score (nSPS) is 43.5. The average Bonchev–Trinajstić information content (AvgIpc) is 2.77. The van der Waals surface area contributed by atoms with Crippen LogP contribution in [0.5, 0.6) is 0 Å². The van der Waals surface area contributed by atoms with Gasteiger partial charge in [-0.15, -0.1) is 0 Å². The Kier molecular flexibility index (Phi) is 6.11. The summed E-state index contributed by atoms with van der Waals surface area (Å²) in [5.74, 6) is 2.50. The Morgan fingerprint density at radius 2 is 1.86 bits per heavy atom. The second kappa shape index (κ2) is 8.05. The second-order valence-corrected chi connectivity index (χ2v) is 16.4. The molecular formula is C24H42O4Si. The molecular weight excluding hydrogens is 380 g/mol. The fraction of sp³-hybridized carbons (Fsp3) is 0.917. The predicted molar refractivity (Wildman–Crippen MR) is 118 cm³/mol. The van der Waals surface area contributed by atoms with Crippen molar-refractivity contribution in [3.63, 3.8) is 0 Å². The van der Waals surface area contributed by atoms with Crippen molar-refractivity contribution in [2.45, 2.75) is 96.4 Å². The van der Waals surface area contributed by atoms with Crippen LogP contribution in [0.15, 0.2) is 11.6 Å². The highest BCUT2D eigenvalue weighted by atomic mass is 28.4. The Bertz CT molecular complexity index is 625. The van der Waals surface area contributed by atoms with Crippen LogP contribution in [-0.2, 0) is 13.9 Å². The summed E-state index contributed by atoms with van der Waals surface area (Å²) in [7, 11) is -1.85. The highest BCUT2D eigenvalue weighted by Gasteiger charge is 2.51. The van der Waals surface area contributed by atoms with Crippen molar-refractivity contribution in [3.05, 3.63) is 11.6 Å². The summed E-state index contributed by atoms with van der Waals surface area (Å²) in [5, 5.41) is 10.4. The molecule has 5 heteroatoms. The Morgan fingerprint density at radius 3 is 2.59 bits per heavy atom. The van der Waals surface area contributed by atoms with Gasteiger partial charge in [-0.3, -0.25) is 0 Å². The number of rotatable bonds is 2. The van der Waals surface area contributed by atoms with Crippen LogP contribution in [0, 0.1) is 29.6 Å². The van der Waals surface area contributed by atoms with Crippen molar-refractivity contribution in [1.82, 2.24) is 0 Å². The molecule has 0 amide bonds. The van der Waals surface area contributed by atoms with Gasteiger partial charge in [-0.1, -0.05) is 32.4 Å². The van der Waals surface area contributed by atoms with Crippen molar-refractivity contribution >= 4 is 8.32 Å². The van der Waals surface area contributed by atoms with E-state index in [1.807, 2.05) is 0 Å². The number of ether oxygens (including phenoxy) is 2. The molecule has 4 aliphatic rings. The number of aliphatic hydroxyl groups excluding tert-OH is 1. The SMILES string of the molecule is CC1=CC2C3COC(O)CC3CC(O[Si](C)(C)C(C)(C)C)CC2C2OCCCC12. The van der Waals surface area contributed by atoms with E-state index in [4.69, 9.17) is 13.9 Å². The van der Waals surface area contributed by atoms with Gasteiger partial charge in [-0.2, -0.15) is 0 Å². The number of aliphatic hydroxyl groups is 1. The van der Waals surface area contributed by atoms with Crippen molar-refractivity contribution < 1.29 is 19.0 Å². The Morgan fingerprint density at radius 1 is 1.10 bits per heavy atom. The molecule has 8 unspecified atom stereocenters. The lowest BCUT2D eigenvalue weighted by molar-refractivity contribution is -0.171. The highest BCUT2D eigenvalue weighted by molar-refractivity contribution is 6.74. The van der Waals surface area contributed by atoms with Crippen LogP contribution in [-0.4, -0.2) is 45.1 Å². The molecule has 0 bridgehead atoms. The molecule has 166 valence electrons. The predicted octanol–water partition coefficient (Wildman–Crippen LogP) is 5.13. The summed E-state index contributed by atoms with van der Waals surface area (Å²) in [6.07, 6.45) is 7.86. The zero-order chi connectivity index (χ0) is 21.0. The van der Waals surface area contributed by atoms with E-state index < -0.39 is 14.6 Å². The first kappa shape index (κ1) is 22.0. The van der Waals surface area contributed by atoms with E-state index in [2.05, 4.69) is 46.9 Å². The molecule has 2 aliphatic carbocycles. The molecule has 0 spiro atoms. The highest BCUT2D eigenvalue weighted by Crippen LogP contribution is 2.52. The topological polar surface area (TPSA) is 47.9 Å². The molecule has 0 aromatic rings. The van der Waals surface area contributed by atoms with E-state index in [1.165, 1.54) is 18.4 Å². The minimum atomic E-state index is -1.85. The molecule has 2 heterocycles. The van der Waals surface area contributed by atoms with Gasteiger partial charge in [-0.25, -0.2) is 0 Å². The zero-order valence-corrected chi connectivity index (χ0v) is 20.3. The third kappa shape index (κ3) is 4.27. The van der Waals surface area contributed by atoms with Gasteiger partial charge in [0.05, 0.1) is 12.7 Å². The van der Waals surface area contributed by atoms with Gasteiger partial charge < -0.3 is 19.0 Å². The van der Waals surface area contributed by atoms with E-state index >= 15 is 0 Å². The maximum atomic E-state index is 10.2. The molecule has 0 aromatic carbocycles. The first-order chi connectivity index (χ1) is 13.6. The summed E-state index contributed by atoms with van der Waals surface area (Å²) in [4.78, 5) is 0. The number of hydrogen-bond acceptors (Lipinski definition) is 4. The van der Waals surface area contributed by atoms with Crippen molar-refractivity contribution in [1.29, 1.82) is 0 Å². The summed E-state index contributed by atoms with van der Waals surface area (Å²) in [6, 6.07) is 0. The van der Waals surface area contributed by atoms with Crippen LogP contribution >= 0.6 is 0 Å². The van der Waals surface area contributed by atoms with E-state index in [-0.39, 0.29) is 11.1 Å². The minimum Gasteiger partial charge on any atom is -0.414 e. The lowest BCUT2D eigenvalue weighted by Gasteiger charge is -2.47. The van der Waals surface area contributed by atoms with Crippen molar-refractivity contribution in [2.75, 3.05) is 13.2 Å². The third-order valence-corrected chi connectivity index (χ3v) is 13.3. The Hall–Kier alpha value is -0.203.